The number of nitrogens with zero attached hydrogens (tertiary/aromatic N) is 6. The number of carbonyl (C=O) groups is 2. The molecular weight excluding hydrogens is 705 g/mol. The summed E-state index contributed by atoms with van der Waals surface area (Å²) < 4.78 is 11.3. The number of halogens is 2. The molecule has 3 N–H and O–H groups in total. The van der Waals surface area contributed by atoms with E-state index in [-0.39, 0.29) is 17.9 Å². The lowest BCUT2D eigenvalue weighted by atomic mass is 9.89. The molecule has 2 fully saturated rings. The molecule has 15 heteroatoms. The second-order valence-electron chi connectivity index (χ2n) is 13.2. The number of amides is 2. The molecule has 270 valence electrons. The van der Waals surface area contributed by atoms with Gasteiger partial charge in [0.25, 0.3) is 5.91 Å². The van der Waals surface area contributed by atoms with Crippen molar-refractivity contribution in [2.45, 2.75) is 57.3 Å². The molecule has 0 saturated carbocycles. The van der Waals surface area contributed by atoms with E-state index in [1.807, 2.05) is 43.3 Å². The maximum absolute atomic E-state index is 12.7. The largest absolute Gasteiger partial charge is 0.480 e. The number of aliphatic imine (C=N–C) groups is 1. The van der Waals surface area contributed by atoms with Crippen LogP contribution >= 0.6 is 23.2 Å². The van der Waals surface area contributed by atoms with E-state index < -0.39 is 5.54 Å². The second kappa shape index (κ2) is 15.1. The van der Waals surface area contributed by atoms with Crippen molar-refractivity contribution in [3.05, 3.63) is 70.2 Å². The van der Waals surface area contributed by atoms with Crippen molar-refractivity contribution in [3.63, 3.8) is 0 Å². The van der Waals surface area contributed by atoms with E-state index in [1.165, 1.54) is 0 Å². The first-order valence-electron chi connectivity index (χ1n) is 17.2. The van der Waals surface area contributed by atoms with E-state index in [0.717, 1.165) is 19.4 Å². The summed E-state index contributed by atoms with van der Waals surface area (Å²) >= 11 is 14.2. The number of likely N-dealkylation sites (tertiary alicyclic amines) is 1. The van der Waals surface area contributed by atoms with Crippen LogP contribution in [0.4, 0.5) is 0 Å². The normalized spacial score (nSPS) is 20.2. The number of rotatable bonds is 11. The minimum atomic E-state index is -0.758. The van der Waals surface area contributed by atoms with Crippen LogP contribution in [0.3, 0.4) is 0 Å². The molecule has 2 aromatic carbocycles. The molecule has 1 unspecified atom stereocenters. The molecule has 13 nitrogen and oxygen atoms in total. The number of amidine groups is 1. The van der Waals surface area contributed by atoms with E-state index >= 15 is 0 Å². The number of ether oxygens (including phenoxy) is 2. The molecule has 0 radical (unpaired) electrons. The number of hydrogen-bond acceptors (Lipinski definition) is 11. The summed E-state index contributed by atoms with van der Waals surface area (Å²) in [5.41, 5.74) is 4.38. The highest BCUT2D eigenvalue weighted by Crippen LogP contribution is 2.42. The van der Waals surface area contributed by atoms with Crippen LogP contribution in [-0.4, -0.2) is 87.9 Å². The first-order valence-corrected chi connectivity index (χ1v) is 17.9. The van der Waals surface area contributed by atoms with Gasteiger partial charge in [0.05, 0.1) is 48.0 Å². The van der Waals surface area contributed by atoms with Gasteiger partial charge >= 0.3 is 0 Å². The number of carbonyl (C=O) groups excluding carboxylic acids is 2. The van der Waals surface area contributed by atoms with Crippen LogP contribution in [-0.2, 0) is 22.7 Å². The van der Waals surface area contributed by atoms with Gasteiger partial charge in [-0.05, 0) is 32.7 Å². The van der Waals surface area contributed by atoms with Crippen molar-refractivity contribution in [1.29, 1.82) is 0 Å². The van der Waals surface area contributed by atoms with Gasteiger partial charge in [-0.2, -0.15) is 0 Å². The smallest absolute Gasteiger partial charge is 0.254 e. The Hall–Kier alpha value is -4.69. The highest BCUT2D eigenvalue weighted by Gasteiger charge is 2.45. The summed E-state index contributed by atoms with van der Waals surface area (Å²) in [6.45, 7) is 4.65. The first-order chi connectivity index (χ1) is 25.2. The quantitative estimate of drug-likeness (QED) is 0.194. The zero-order chi connectivity index (χ0) is 36.4. The molecule has 0 aliphatic carbocycles. The van der Waals surface area contributed by atoms with E-state index in [0.29, 0.717) is 112 Å². The van der Waals surface area contributed by atoms with Gasteiger partial charge in [-0.1, -0.05) is 59.6 Å². The Morgan fingerprint density at radius 1 is 0.923 bits per heavy atom. The van der Waals surface area contributed by atoms with Crippen molar-refractivity contribution >= 4 is 40.9 Å². The topological polar surface area (TPSA) is 156 Å². The Morgan fingerprint density at radius 3 is 2.12 bits per heavy atom. The molecule has 2 saturated heterocycles. The fraction of sp³-hybridized carbons (Fsp3) is 0.378. The number of nitrogens with one attached hydrogen (secondary N) is 3. The van der Waals surface area contributed by atoms with Crippen molar-refractivity contribution in [3.8, 4) is 45.4 Å². The van der Waals surface area contributed by atoms with Crippen LogP contribution in [0.25, 0.3) is 33.6 Å². The Balaban J connectivity index is 1.11. The Labute approximate surface area is 311 Å². The number of methoxy groups -OCH3 is 2. The van der Waals surface area contributed by atoms with Crippen molar-refractivity contribution in [2.24, 2.45) is 4.99 Å². The average Bonchev–Trinajstić information content (AvgIpc) is 3.68. The molecule has 52 heavy (non-hydrogen) atoms. The monoisotopic (exact) mass is 743 g/mol. The average molecular weight is 745 g/mol. The fourth-order valence-corrected chi connectivity index (χ4v) is 7.76. The lowest BCUT2D eigenvalue weighted by Gasteiger charge is -2.36. The number of benzene rings is 2. The summed E-state index contributed by atoms with van der Waals surface area (Å²) in [7, 11) is 3.12. The molecule has 2 aromatic heterocycles. The Bertz CT molecular complexity index is 2060. The number of piperidine rings is 1. The van der Waals surface area contributed by atoms with Gasteiger partial charge in [0.1, 0.15) is 17.2 Å². The molecule has 4 aromatic rings. The SMILES string of the molecule is COc1nc(-c2cccc(-c3cccc(-c4cnc(CN5CCCC6(C5)N=C(C)NC6=O)c(OC)n4)c3Cl)c2Cl)cnc1CNC[C@@H]1CCC(=O)N1. The number of hydrogen-bond donors (Lipinski definition) is 3. The number of aromatic nitrogens is 4. The molecule has 1 spiro atoms. The second-order valence-corrected chi connectivity index (χ2v) is 13.9. The molecule has 2 atom stereocenters. The third kappa shape index (κ3) is 7.18. The summed E-state index contributed by atoms with van der Waals surface area (Å²) in [4.78, 5) is 50.0. The summed E-state index contributed by atoms with van der Waals surface area (Å²) in [5, 5.41) is 10.0. The molecular formula is C37H39Cl2N9O4. The summed E-state index contributed by atoms with van der Waals surface area (Å²) in [5.74, 6) is 1.44. The van der Waals surface area contributed by atoms with E-state index in [2.05, 4.69) is 30.8 Å². The lowest BCUT2D eigenvalue weighted by Crippen LogP contribution is -2.52. The van der Waals surface area contributed by atoms with Gasteiger partial charge in [0.2, 0.25) is 17.7 Å². The third-order valence-corrected chi connectivity index (χ3v) is 10.5. The fourth-order valence-electron chi connectivity index (χ4n) is 7.11. The van der Waals surface area contributed by atoms with Crippen LogP contribution in [0.15, 0.2) is 53.8 Å². The minimum Gasteiger partial charge on any atom is -0.480 e. The minimum absolute atomic E-state index is 0.0503. The van der Waals surface area contributed by atoms with Gasteiger partial charge in [-0.15, -0.1) is 0 Å². The zero-order valence-corrected chi connectivity index (χ0v) is 30.6. The maximum Gasteiger partial charge on any atom is 0.254 e. The summed E-state index contributed by atoms with van der Waals surface area (Å²) in [6.07, 6.45) is 6.27. The predicted molar refractivity (Wildman–Crippen MR) is 198 cm³/mol. The maximum atomic E-state index is 12.7. The lowest BCUT2D eigenvalue weighted by molar-refractivity contribution is -0.125. The molecule has 0 bridgehead atoms. The Morgan fingerprint density at radius 2 is 1.54 bits per heavy atom. The highest BCUT2D eigenvalue weighted by molar-refractivity contribution is 6.39. The van der Waals surface area contributed by atoms with E-state index in [1.54, 1.807) is 26.6 Å². The summed E-state index contributed by atoms with van der Waals surface area (Å²) in [6, 6.07) is 11.4. The van der Waals surface area contributed by atoms with Crippen molar-refractivity contribution in [1.82, 2.24) is 40.8 Å². The van der Waals surface area contributed by atoms with Gasteiger partial charge in [-0.3, -0.25) is 29.4 Å². The van der Waals surface area contributed by atoms with Crippen LogP contribution in [0.1, 0.15) is 44.0 Å². The zero-order valence-electron chi connectivity index (χ0n) is 29.1. The third-order valence-electron chi connectivity index (χ3n) is 9.64. The van der Waals surface area contributed by atoms with Crippen LogP contribution in [0.2, 0.25) is 10.0 Å². The molecule has 3 aliphatic rings. The molecule has 3 aliphatic heterocycles. The standard InChI is InChI=1S/C37H39Cl2N9O4/c1-21-43-36(50)37(47-21)13-6-14-48(20-37)19-30-35(52-3)46-28(18-42-30)26-10-5-8-24(33(26)39)23-7-4-9-25(32(23)38)27-17-41-29(34(45-27)51-2)16-40-15-22-11-12-31(49)44-22/h4-5,7-10,17-18,22,40H,6,11-16,19-20H2,1-3H3,(H,44,49)(H,43,47,50)/t22-,37?/m0/s1. The van der Waals surface area contributed by atoms with Gasteiger partial charge in [0.15, 0.2) is 5.54 Å². The molecule has 7 rings (SSSR count). The van der Waals surface area contributed by atoms with Gasteiger partial charge in [-0.25, -0.2) is 9.97 Å². The van der Waals surface area contributed by atoms with Crippen LogP contribution < -0.4 is 25.4 Å². The molecule has 2 amide bonds. The van der Waals surface area contributed by atoms with E-state index in [9.17, 15) is 9.59 Å². The van der Waals surface area contributed by atoms with Gasteiger partial charge in [0, 0.05) is 60.9 Å². The molecule has 5 heterocycles. The van der Waals surface area contributed by atoms with Gasteiger partial charge < -0.3 is 25.4 Å². The predicted octanol–water partition coefficient (Wildman–Crippen LogP) is 4.84. The van der Waals surface area contributed by atoms with Crippen molar-refractivity contribution < 1.29 is 19.1 Å². The Kier molecular flexibility index (Phi) is 10.4. The highest BCUT2D eigenvalue weighted by atomic mass is 35.5. The van der Waals surface area contributed by atoms with Crippen molar-refractivity contribution in [2.75, 3.05) is 33.9 Å². The van der Waals surface area contributed by atoms with Crippen LogP contribution in [0.5, 0.6) is 11.8 Å². The van der Waals surface area contributed by atoms with Crippen LogP contribution in [0, 0.1) is 0 Å². The first kappa shape index (κ1) is 35.7. The van der Waals surface area contributed by atoms with E-state index in [4.69, 9.17) is 47.6 Å².